The highest BCUT2D eigenvalue weighted by Gasteiger charge is 2.25. The van der Waals surface area contributed by atoms with Gasteiger partial charge in [0, 0.05) is 58.2 Å². The lowest BCUT2D eigenvalue weighted by molar-refractivity contribution is -0.140. The molecule has 202 valence electrons. The molecule has 10 heteroatoms. The molecule has 0 unspecified atom stereocenters. The van der Waals surface area contributed by atoms with E-state index in [-0.39, 0.29) is 24.0 Å². The van der Waals surface area contributed by atoms with Gasteiger partial charge in [-0.05, 0) is 41.5 Å². The molecule has 0 radical (unpaired) electrons. The Morgan fingerprint density at radius 2 is 1.05 bits per heavy atom. The Morgan fingerprint density at radius 3 is 1.48 bits per heavy atom. The molecular weight excluding hydrogens is 512 g/mol. The average molecular weight is 539 g/mol. The van der Waals surface area contributed by atoms with Crippen LogP contribution in [0.25, 0.3) is 21.8 Å². The number of amides is 2. The summed E-state index contributed by atoms with van der Waals surface area (Å²) < 4.78 is 0. The Balaban J connectivity index is 1.28. The number of hydrogen-bond acceptors (Lipinski definition) is 4. The lowest BCUT2D eigenvalue weighted by Gasteiger charge is -2.16. The summed E-state index contributed by atoms with van der Waals surface area (Å²) in [6.45, 7) is 0. The van der Waals surface area contributed by atoms with Crippen LogP contribution < -0.4 is 10.6 Å². The molecule has 3 aromatic carbocycles. The van der Waals surface area contributed by atoms with Crippen molar-refractivity contribution in [1.82, 2.24) is 20.6 Å². The normalized spacial score (nSPS) is 12.6. The van der Waals surface area contributed by atoms with Gasteiger partial charge < -0.3 is 30.8 Å². The SMILES string of the molecule is O=C(N[C@@H](Cc1c[nH]c2ccccc12)C(=O)O)c1cccc(C(=O)N[C@@H](Cc2c[nH]c3ccccc23)C(=O)O)c1. The van der Waals surface area contributed by atoms with Gasteiger partial charge in [0.05, 0.1) is 0 Å². The number of aromatic nitrogens is 2. The van der Waals surface area contributed by atoms with Crippen LogP contribution in [0.5, 0.6) is 0 Å². The fourth-order valence-electron chi connectivity index (χ4n) is 4.73. The highest BCUT2D eigenvalue weighted by Crippen LogP contribution is 2.21. The van der Waals surface area contributed by atoms with E-state index in [2.05, 4.69) is 20.6 Å². The number of carboxylic acid groups (broad SMARTS) is 2. The van der Waals surface area contributed by atoms with Gasteiger partial charge in [0.2, 0.25) is 0 Å². The molecule has 40 heavy (non-hydrogen) atoms. The van der Waals surface area contributed by atoms with Crippen LogP contribution in [0.3, 0.4) is 0 Å². The van der Waals surface area contributed by atoms with Gasteiger partial charge >= 0.3 is 11.9 Å². The maximum absolute atomic E-state index is 13.0. The predicted molar refractivity (Wildman–Crippen MR) is 148 cm³/mol. The number of para-hydroxylation sites is 2. The number of carbonyl (C=O) groups is 4. The van der Waals surface area contributed by atoms with Crippen molar-refractivity contribution in [2.45, 2.75) is 24.9 Å². The second kappa shape index (κ2) is 11.2. The molecule has 2 heterocycles. The van der Waals surface area contributed by atoms with Crippen LogP contribution >= 0.6 is 0 Å². The predicted octanol–water partition coefficient (Wildman–Crippen LogP) is 3.50. The van der Waals surface area contributed by atoms with Gasteiger partial charge in [0.15, 0.2) is 0 Å². The largest absolute Gasteiger partial charge is 0.480 e. The molecule has 0 aliphatic rings. The van der Waals surface area contributed by atoms with Gasteiger partial charge in [-0.1, -0.05) is 42.5 Å². The molecule has 2 amide bonds. The summed E-state index contributed by atoms with van der Waals surface area (Å²) >= 11 is 0. The van der Waals surface area contributed by atoms with Gasteiger partial charge in [-0.3, -0.25) is 9.59 Å². The van der Waals surface area contributed by atoms with E-state index >= 15 is 0 Å². The summed E-state index contributed by atoms with van der Waals surface area (Å²) in [6.07, 6.45) is 3.54. The van der Waals surface area contributed by atoms with E-state index in [4.69, 9.17) is 0 Å². The van der Waals surface area contributed by atoms with E-state index in [1.165, 1.54) is 24.3 Å². The van der Waals surface area contributed by atoms with E-state index in [9.17, 15) is 29.4 Å². The maximum Gasteiger partial charge on any atom is 0.326 e. The lowest BCUT2D eigenvalue weighted by Crippen LogP contribution is -2.43. The van der Waals surface area contributed by atoms with E-state index in [0.29, 0.717) is 0 Å². The van der Waals surface area contributed by atoms with E-state index in [1.807, 2.05) is 48.5 Å². The number of fused-ring (bicyclic) bond motifs is 2. The minimum absolute atomic E-state index is 0.0550. The van der Waals surface area contributed by atoms with Crippen LogP contribution in [0.2, 0.25) is 0 Å². The van der Waals surface area contributed by atoms with E-state index in [1.54, 1.807) is 12.4 Å². The number of benzene rings is 3. The van der Waals surface area contributed by atoms with Crippen molar-refractivity contribution in [2.75, 3.05) is 0 Å². The second-order valence-corrected chi connectivity index (χ2v) is 9.44. The van der Waals surface area contributed by atoms with Crippen molar-refractivity contribution in [2.24, 2.45) is 0 Å². The van der Waals surface area contributed by atoms with Crippen LogP contribution in [-0.2, 0) is 22.4 Å². The van der Waals surface area contributed by atoms with Crippen molar-refractivity contribution in [3.63, 3.8) is 0 Å². The summed E-state index contributed by atoms with van der Waals surface area (Å²) in [5, 5.41) is 26.3. The highest BCUT2D eigenvalue weighted by atomic mass is 16.4. The quantitative estimate of drug-likeness (QED) is 0.159. The van der Waals surface area contributed by atoms with Crippen molar-refractivity contribution in [3.05, 3.63) is 107 Å². The van der Waals surface area contributed by atoms with Crippen LogP contribution in [0.15, 0.2) is 85.2 Å². The molecule has 0 aliphatic carbocycles. The Hall–Kier alpha value is -5.38. The summed E-state index contributed by atoms with van der Waals surface area (Å²) in [4.78, 5) is 56.1. The summed E-state index contributed by atoms with van der Waals surface area (Å²) in [5.74, 6) is -3.74. The molecule has 6 N–H and O–H groups in total. The lowest BCUT2D eigenvalue weighted by atomic mass is 10.0. The van der Waals surface area contributed by atoms with Crippen LogP contribution in [-0.4, -0.2) is 56.0 Å². The number of nitrogens with one attached hydrogen (secondary N) is 4. The standard InChI is InChI=1S/C30H26N4O6/c35-27(33-25(29(37)38)13-19-15-31-23-10-3-1-8-21(19)23)17-6-5-7-18(12-17)28(36)34-26(30(39)40)14-20-16-32-24-11-4-2-9-22(20)24/h1-12,15-16,25-26,31-32H,13-14H2,(H,33,35)(H,34,36)(H,37,38)(H,39,40)/t25-,26-/m0/s1. The van der Waals surface area contributed by atoms with Crippen molar-refractivity contribution >= 4 is 45.6 Å². The molecule has 10 nitrogen and oxygen atoms in total. The van der Waals surface area contributed by atoms with Gasteiger partial charge in [-0.15, -0.1) is 0 Å². The number of H-pyrrole nitrogens is 2. The van der Waals surface area contributed by atoms with Gasteiger partial charge in [0.1, 0.15) is 12.1 Å². The zero-order chi connectivity index (χ0) is 28.2. The number of rotatable bonds is 10. The third kappa shape index (κ3) is 5.56. The molecule has 5 rings (SSSR count). The molecule has 0 fully saturated rings. The molecule has 0 saturated carbocycles. The minimum Gasteiger partial charge on any atom is -0.480 e. The Bertz CT molecular complexity index is 1610. The monoisotopic (exact) mass is 538 g/mol. The molecule has 0 bridgehead atoms. The first-order chi connectivity index (χ1) is 19.3. The van der Waals surface area contributed by atoms with Gasteiger partial charge in [-0.2, -0.15) is 0 Å². The van der Waals surface area contributed by atoms with Crippen molar-refractivity contribution < 1.29 is 29.4 Å². The number of aliphatic carboxylic acids is 2. The van der Waals surface area contributed by atoms with E-state index in [0.717, 1.165) is 32.9 Å². The van der Waals surface area contributed by atoms with Gasteiger partial charge in [0.25, 0.3) is 11.8 Å². The molecule has 2 aromatic heterocycles. The zero-order valence-electron chi connectivity index (χ0n) is 21.2. The number of hydrogen-bond donors (Lipinski definition) is 6. The third-order valence-electron chi connectivity index (χ3n) is 6.79. The Labute approximate surface area is 228 Å². The molecule has 0 aliphatic heterocycles. The van der Waals surface area contributed by atoms with Crippen LogP contribution in [0, 0.1) is 0 Å². The number of carbonyl (C=O) groups excluding carboxylic acids is 2. The molecule has 5 aromatic rings. The van der Waals surface area contributed by atoms with Crippen molar-refractivity contribution in [3.8, 4) is 0 Å². The fourth-order valence-corrected chi connectivity index (χ4v) is 4.73. The minimum atomic E-state index is -1.21. The molecule has 0 spiro atoms. The number of carboxylic acids is 2. The topological polar surface area (TPSA) is 164 Å². The van der Waals surface area contributed by atoms with Crippen molar-refractivity contribution in [1.29, 1.82) is 0 Å². The zero-order valence-corrected chi connectivity index (χ0v) is 21.2. The summed E-state index contributed by atoms with van der Waals surface area (Å²) in [6, 6.07) is 18.2. The molecular formula is C30H26N4O6. The fraction of sp³-hybridized carbons (Fsp3) is 0.133. The average Bonchev–Trinajstić information content (AvgIpc) is 3.56. The first-order valence-corrected chi connectivity index (χ1v) is 12.6. The molecule has 0 saturated heterocycles. The first kappa shape index (κ1) is 26.2. The highest BCUT2D eigenvalue weighted by molar-refractivity contribution is 6.02. The summed E-state index contributed by atoms with van der Waals surface area (Å²) in [5.41, 5.74) is 3.34. The van der Waals surface area contributed by atoms with E-state index < -0.39 is 35.8 Å². The van der Waals surface area contributed by atoms with Crippen LogP contribution in [0.4, 0.5) is 0 Å². The Morgan fingerprint density at radius 1 is 0.625 bits per heavy atom. The second-order valence-electron chi connectivity index (χ2n) is 9.44. The number of aromatic amines is 2. The molecule has 2 atom stereocenters. The maximum atomic E-state index is 13.0. The van der Waals surface area contributed by atoms with Crippen LogP contribution in [0.1, 0.15) is 31.8 Å². The summed E-state index contributed by atoms with van der Waals surface area (Å²) in [7, 11) is 0. The third-order valence-corrected chi connectivity index (χ3v) is 6.79. The first-order valence-electron chi connectivity index (χ1n) is 12.6. The Kier molecular flexibility index (Phi) is 7.32. The smallest absolute Gasteiger partial charge is 0.326 e. The van der Waals surface area contributed by atoms with Gasteiger partial charge in [-0.25, -0.2) is 9.59 Å².